The summed E-state index contributed by atoms with van der Waals surface area (Å²) < 4.78 is 38.3. The summed E-state index contributed by atoms with van der Waals surface area (Å²) in [5.74, 6) is 0.849. The van der Waals surface area contributed by atoms with E-state index in [1.807, 2.05) is 32.7 Å². The van der Waals surface area contributed by atoms with E-state index in [0.717, 1.165) is 30.6 Å². The number of hydrogen-bond donors (Lipinski definition) is 2. The van der Waals surface area contributed by atoms with Crippen LogP contribution in [-0.4, -0.2) is 45.0 Å². The van der Waals surface area contributed by atoms with Gasteiger partial charge in [0.2, 0.25) is 11.7 Å². The van der Waals surface area contributed by atoms with Gasteiger partial charge in [-0.15, -0.1) is 0 Å². The number of aromatic nitrogens is 4. The van der Waals surface area contributed by atoms with E-state index in [1.54, 1.807) is 0 Å². The zero-order chi connectivity index (χ0) is 23.2. The molecule has 2 aromatic heterocycles. The lowest BCUT2D eigenvalue weighted by atomic mass is 9.78. The lowest BCUT2D eigenvalue weighted by Gasteiger charge is -2.38. The molecule has 1 amide bonds. The molecule has 1 fully saturated rings. The molecule has 3 heterocycles. The minimum atomic E-state index is -4.57. The molecular formula is C21H26F3N7O. The summed E-state index contributed by atoms with van der Waals surface area (Å²) in [6.45, 7) is 5.85. The highest BCUT2D eigenvalue weighted by Gasteiger charge is 2.37. The van der Waals surface area contributed by atoms with E-state index in [-0.39, 0.29) is 29.7 Å². The van der Waals surface area contributed by atoms with Gasteiger partial charge in [0.1, 0.15) is 23.4 Å². The molecule has 0 saturated heterocycles. The van der Waals surface area contributed by atoms with Gasteiger partial charge in [-0.3, -0.25) is 4.79 Å². The third kappa shape index (κ3) is 4.33. The van der Waals surface area contributed by atoms with Crippen molar-refractivity contribution in [3.63, 3.8) is 0 Å². The van der Waals surface area contributed by atoms with Crippen molar-refractivity contribution in [3.8, 4) is 0 Å². The summed E-state index contributed by atoms with van der Waals surface area (Å²) >= 11 is 0. The smallest absolute Gasteiger partial charge is 0.367 e. The number of nitrogens with zero attached hydrogens (tertiary/aromatic N) is 5. The van der Waals surface area contributed by atoms with Crippen LogP contribution < -0.4 is 15.5 Å². The van der Waals surface area contributed by atoms with Crippen molar-refractivity contribution >= 4 is 23.2 Å². The second-order valence-electron chi connectivity index (χ2n) is 8.86. The minimum Gasteiger partial charge on any atom is -0.367 e. The van der Waals surface area contributed by atoms with Crippen molar-refractivity contribution in [2.24, 2.45) is 11.8 Å². The maximum Gasteiger partial charge on any atom is 0.451 e. The Kier molecular flexibility index (Phi) is 5.68. The van der Waals surface area contributed by atoms with Crippen molar-refractivity contribution in [1.82, 2.24) is 19.9 Å². The number of carbonyl (C=O) groups is 1. The SMILES string of the molecule is Cc1nc(CC2CC(Nc3ccnc(C(F)(F)F)n3)C2)nc2c1NC(=O)[C@H](C(C)C)N2C. The van der Waals surface area contributed by atoms with Gasteiger partial charge in [0.25, 0.3) is 0 Å². The largest absolute Gasteiger partial charge is 0.451 e. The molecule has 1 atom stereocenters. The fourth-order valence-corrected chi connectivity index (χ4v) is 4.43. The topological polar surface area (TPSA) is 95.9 Å². The van der Waals surface area contributed by atoms with Gasteiger partial charge >= 0.3 is 6.18 Å². The van der Waals surface area contributed by atoms with Gasteiger partial charge in [-0.25, -0.2) is 19.9 Å². The third-order valence-electron chi connectivity index (χ3n) is 5.98. The molecule has 2 aromatic rings. The Morgan fingerprint density at radius 1 is 1.25 bits per heavy atom. The molecular weight excluding hydrogens is 423 g/mol. The van der Waals surface area contributed by atoms with Crippen LogP contribution in [0.4, 0.5) is 30.5 Å². The number of aryl methyl sites for hydroxylation is 1. The molecule has 2 aliphatic rings. The fourth-order valence-electron chi connectivity index (χ4n) is 4.43. The van der Waals surface area contributed by atoms with E-state index >= 15 is 0 Å². The van der Waals surface area contributed by atoms with Gasteiger partial charge in [-0.05, 0) is 37.7 Å². The minimum absolute atomic E-state index is 0.0435. The highest BCUT2D eigenvalue weighted by molar-refractivity contribution is 6.03. The lowest BCUT2D eigenvalue weighted by Crippen LogP contribution is -2.50. The van der Waals surface area contributed by atoms with Crippen molar-refractivity contribution in [3.05, 3.63) is 29.6 Å². The van der Waals surface area contributed by atoms with Crippen LogP contribution in [0.25, 0.3) is 0 Å². The molecule has 172 valence electrons. The molecule has 32 heavy (non-hydrogen) atoms. The Labute approximate surface area is 184 Å². The molecule has 0 bridgehead atoms. The van der Waals surface area contributed by atoms with Crippen molar-refractivity contribution in [2.75, 3.05) is 22.6 Å². The Morgan fingerprint density at radius 3 is 2.62 bits per heavy atom. The van der Waals surface area contributed by atoms with Gasteiger partial charge in [0.15, 0.2) is 5.82 Å². The first-order chi connectivity index (χ1) is 15.0. The summed E-state index contributed by atoms with van der Waals surface area (Å²) in [5, 5.41) is 5.99. The number of nitrogens with one attached hydrogen (secondary N) is 2. The Morgan fingerprint density at radius 2 is 1.97 bits per heavy atom. The molecule has 0 spiro atoms. The summed E-state index contributed by atoms with van der Waals surface area (Å²) in [5.41, 5.74) is 1.37. The second kappa shape index (κ2) is 8.18. The summed E-state index contributed by atoms with van der Waals surface area (Å²) in [6.07, 6.45) is -1.23. The zero-order valence-corrected chi connectivity index (χ0v) is 18.4. The Bertz CT molecular complexity index is 1020. The van der Waals surface area contributed by atoms with Crippen LogP contribution in [0.15, 0.2) is 12.3 Å². The average molecular weight is 449 g/mol. The Balaban J connectivity index is 1.40. The number of likely N-dealkylation sites (N-methyl/N-ethyl adjacent to an activating group) is 1. The maximum absolute atomic E-state index is 12.8. The van der Waals surface area contributed by atoms with Gasteiger partial charge in [-0.1, -0.05) is 13.8 Å². The second-order valence-corrected chi connectivity index (χ2v) is 8.86. The fraction of sp³-hybridized carbons (Fsp3) is 0.571. The average Bonchev–Trinajstić information content (AvgIpc) is 2.66. The van der Waals surface area contributed by atoms with Crippen LogP contribution in [0.3, 0.4) is 0 Å². The van der Waals surface area contributed by atoms with Crippen LogP contribution >= 0.6 is 0 Å². The number of halogens is 3. The summed E-state index contributed by atoms with van der Waals surface area (Å²) in [4.78, 5) is 30.5. The number of amides is 1. The van der Waals surface area contributed by atoms with Gasteiger partial charge in [-0.2, -0.15) is 13.2 Å². The van der Waals surface area contributed by atoms with Crippen LogP contribution in [0.5, 0.6) is 0 Å². The molecule has 4 rings (SSSR count). The van der Waals surface area contributed by atoms with Crippen molar-refractivity contribution < 1.29 is 18.0 Å². The first-order valence-corrected chi connectivity index (χ1v) is 10.6. The molecule has 0 radical (unpaired) electrons. The molecule has 0 unspecified atom stereocenters. The molecule has 1 saturated carbocycles. The lowest BCUT2D eigenvalue weighted by molar-refractivity contribution is -0.144. The molecule has 11 heteroatoms. The normalized spacial score (nSPS) is 22.9. The number of anilines is 3. The summed E-state index contributed by atoms with van der Waals surface area (Å²) in [7, 11) is 1.87. The van der Waals surface area contributed by atoms with Gasteiger partial charge in [0.05, 0.1) is 5.69 Å². The zero-order valence-electron chi connectivity index (χ0n) is 18.4. The summed E-state index contributed by atoms with van der Waals surface area (Å²) in [6, 6.07) is 1.19. The van der Waals surface area contributed by atoms with E-state index in [4.69, 9.17) is 4.98 Å². The highest BCUT2D eigenvalue weighted by atomic mass is 19.4. The number of rotatable bonds is 5. The quantitative estimate of drug-likeness (QED) is 0.722. The number of fused-ring (bicyclic) bond motifs is 1. The van der Waals surface area contributed by atoms with Crippen LogP contribution in [0, 0.1) is 18.8 Å². The van der Waals surface area contributed by atoms with Crippen LogP contribution in [0.2, 0.25) is 0 Å². The van der Waals surface area contributed by atoms with E-state index < -0.39 is 12.0 Å². The van der Waals surface area contributed by atoms with E-state index in [0.29, 0.717) is 23.9 Å². The number of carbonyl (C=O) groups excluding carboxylic acids is 1. The molecule has 8 nitrogen and oxygen atoms in total. The Hall–Kier alpha value is -2.98. The number of alkyl halides is 3. The predicted octanol–water partition coefficient (Wildman–Crippen LogP) is 3.44. The molecule has 0 aromatic carbocycles. The molecule has 1 aliphatic heterocycles. The maximum atomic E-state index is 12.8. The molecule has 2 N–H and O–H groups in total. The first kappa shape index (κ1) is 22.2. The van der Waals surface area contributed by atoms with Crippen LogP contribution in [0.1, 0.15) is 44.0 Å². The van der Waals surface area contributed by atoms with Crippen LogP contribution in [-0.2, 0) is 17.4 Å². The van der Waals surface area contributed by atoms with E-state index in [9.17, 15) is 18.0 Å². The third-order valence-corrected chi connectivity index (χ3v) is 5.98. The van der Waals surface area contributed by atoms with Gasteiger partial charge in [0, 0.05) is 25.7 Å². The first-order valence-electron chi connectivity index (χ1n) is 10.6. The standard InChI is InChI=1S/C21H26F3N7O/c1-10(2)17-19(32)30-16-11(3)26-15(28-18(16)31(17)4)9-12-7-13(8-12)27-14-5-6-25-20(29-14)21(22,23)24/h5-6,10,12-13,17H,7-9H2,1-4H3,(H,30,32)(H,25,27,29)/t12?,13?,17-/m0/s1. The van der Waals surface area contributed by atoms with Crippen molar-refractivity contribution in [1.29, 1.82) is 0 Å². The number of hydrogen-bond acceptors (Lipinski definition) is 7. The van der Waals surface area contributed by atoms with E-state index in [1.165, 1.54) is 6.07 Å². The van der Waals surface area contributed by atoms with E-state index in [2.05, 4.69) is 25.6 Å². The highest BCUT2D eigenvalue weighted by Crippen LogP contribution is 2.36. The van der Waals surface area contributed by atoms with Crippen molar-refractivity contribution in [2.45, 2.75) is 58.3 Å². The molecule has 1 aliphatic carbocycles. The predicted molar refractivity (Wildman–Crippen MR) is 113 cm³/mol. The monoisotopic (exact) mass is 449 g/mol. The van der Waals surface area contributed by atoms with Gasteiger partial charge < -0.3 is 15.5 Å².